The Labute approximate surface area is 87.9 Å². The Morgan fingerprint density at radius 2 is 1.62 bits per heavy atom. The third-order valence-electron chi connectivity index (χ3n) is 1.86. The van der Waals surface area contributed by atoms with Crippen molar-refractivity contribution in [3.63, 3.8) is 0 Å². The number of rotatable bonds is 1. The number of hydrogen-bond donors (Lipinski definition) is 0. The lowest BCUT2D eigenvalue weighted by atomic mass is 9.86. The van der Waals surface area contributed by atoms with Crippen molar-refractivity contribution in [2.75, 3.05) is 0 Å². The van der Waals surface area contributed by atoms with Crippen molar-refractivity contribution in [3.05, 3.63) is 33.8 Å². The van der Waals surface area contributed by atoms with Crippen LogP contribution in [0.5, 0.6) is 0 Å². The third-order valence-corrected chi connectivity index (χ3v) is 2.30. The summed E-state index contributed by atoms with van der Waals surface area (Å²) in [6.07, 6.45) is 0. The lowest BCUT2D eigenvalue weighted by Gasteiger charge is -2.16. The van der Waals surface area contributed by atoms with E-state index in [4.69, 9.17) is 28.5 Å². The summed E-state index contributed by atoms with van der Waals surface area (Å²) in [5.74, 6) is 0. The zero-order valence-electron chi connectivity index (χ0n) is 7.44. The van der Waals surface area contributed by atoms with E-state index in [0.717, 1.165) is 5.56 Å². The molecular formula is C10H9Cl2N. The molecule has 0 N–H and O–H groups in total. The van der Waals surface area contributed by atoms with Gasteiger partial charge in [-0.1, -0.05) is 23.2 Å². The van der Waals surface area contributed by atoms with Crippen LogP contribution in [-0.4, -0.2) is 0 Å². The fourth-order valence-corrected chi connectivity index (χ4v) is 1.51. The second-order valence-corrected chi connectivity index (χ2v) is 4.27. The van der Waals surface area contributed by atoms with Crippen molar-refractivity contribution in [3.8, 4) is 6.07 Å². The molecule has 3 heteroatoms. The van der Waals surface area contributed by atoms with Gasteiger partial charge in [-0.25, -0.2) is 0 Å². The maximum atomic E-state index is 8.89. The first-order chi connectivity index (χ1) is 5.95. The minimum atomic E-state index is -0.547. The van der Waals surface area contributed by atoms with E-state index >= 15 is 0 Å². The molecular weight excluding hydrogens is 205 g/mol. The van der Waals surface area contributed by atoms with Crippen molar-refractivity contribution in [1.29, 1.82) is 5.26 Å². The summed E-state index contributed by atoms with van der Waals surface area (Å²) < 4.78 is 0. The molecule has 0 unspecified atom stereocenters. The van der Waals surface area contributed by atoms with Crippen LogP contribution in [0.3, 0.4) is 0 Å². The number of hydrogen-bond acceptors (Lipinski definition) is 1. The summed E-state index contributed by atoms with van der Waals surface area (Å²) in [7, 11) is 0. The van der Waals surface area contributed by atoms with E-state index < -0.39 is 5.41 Å². The van der Waals surface area contributed by atoms with Gasteiger partial charge in [0.05, 0.1) is 11.5 Å². The number of benzene rings is 1. The molecule has 0 amide bonds. The van der Waals surface area contributed by atoms with Gasteiger partial charge < -0.3 is 0 Å². The van der Waals surface area contributed by atoms with Gasteiger partial charge in [-0.15, -0.1) is 0 Å². The Kier molecular flexibility index (Phi) is 2.85. The van der Waals surface area contributed by atoms with Crippen LogP contribution in [0, 0.1) is 11.3 Å². The van der Waals surface area contributed by atoms with Crippen LogP contribution >= 0.6 is 23.2 Å². The summed E-state index contributed by atoms with van der Waals surface area (Å²) in [6, 6.07) is 7.37. The summed E-state index contributed by atoms with van der Waals surface area (Å²) in [5, 5.41) is 10.0. The highest BCUT2D eigenvalue weighted by Gasteiger charge is 2.20. The minimum Gasteiger partial charge on any atom is -0.197 e. The van der Waals surface area contributed by atoms with E-state index in [1.54, 1.807) is 18.2 Å². The lowest BCUT2D eigenvalue weighted by molar-refractivity contribution is 0.687. The predicted octanol–water partition coefficient (Wildman–Crippen LogP) is 3.79. The number of nitriles is 1. The quantitative estimate of drug-likeness (QED) is 0.697. The third kappa shape index (κ3) is 2.37. The molecule has 0 aromatic heterocycles. The molecule has 0 spiro atoms. The first kappa shape index (κ1) is 10.4. The summed E-state index contributed by atoms with van der Waals surface area (Å²) in [6.45, 7) is 3.66. The molecule has 0 atom stereocenters. The first-order valence-electron chi connectivity index (χ1n) is 3.83. The van der Waals surface area contributed by atoms with Crippen LogP contribution in [0.1, 0.15) is 19.4 Å². The summed E-state index contributed by atoms with van der Waals surface area (Å²) >= 11 is 11.6. The van der Waals surface area contributed by atoms with E-state index in [-0.39, 0.29) is 0 Å². The standard InChI is InChI=1S/C10H9Cl2N/c1-10(2,6-13)7-3-8(11)5-9(12)4-7/h3-5H,1-2H3. The molecule has 0 aliphatic carbocycles. The molecule has 1 nitrogen and oxygen atoms in total. The second-order valence-electron chi connectivity index (χ2n) is 3.39. The van der Waals surface area contributed by atoms with Crippen molar-refractivity contribution in [2.45, 2.75) is 19.3 Å². The zero-order valence-corrected chi connectivity index (χ0v) is 8.95. The topological polar surface area (TPSA) is 23.8 Å². The van der Waals surface area contributed by atoms with Crippen LogP contribution in [0.25, 0.3) is 0 Å². The van der Waals surface area contributed by atoms with Crippen molar-refractivity contribution < 1.29 is 0 Å². The average Bonchev–Trinajstić information content (AvgIpc) is 2.02. The van der Waals surface area contributed by atoms with Gasteiger partial charge in [0.15, 0.2) is 0 Å². The van der Waals surface area contributed by atoms with E-state index in [9.17, 15) is 0 Å². The van der Waals surface area contributed by atoms with Gasteiger partial charge in [0, 0.05) is 10.0 Å². The Morgan fingerprint density at radius 1 is 1.15 bits per heavy atom. The average molecular weight is 214 g/mol. The maximum absolute atomic E-state index is 8.89. The highest BCUT2D eigenvalue weighted by atomic mass is 35.5. The minimum absolute atomic E-state index is 0.547. The van der Waals surface area contributed by atoms with Crippen LogP contribution in [0.15, 0.2) is 18.2 Å². The molecule has 13 heavy (non-hydrogen) atoms. The number of nitrogens with zero attached hydrogens (tertiary/aromatic N) is 1. The SMILES string of the molecule is CC(C)(C#N)c1cc(Cl)cc(Cl)c1. The van der Waals surface area contributed by atoms with Crippen LogP contribution < -0.4 is 0 Å². The highest BCUT2D eigenvalue weighted by molar-refractivity contribution is 6.34. The fourth-order valence-electron chi connectivity index (χ4n) is 0.979. The summed E-state index contributed by atoms with van der Waals surface area (Å²) in [4.78, 5) is 0. The Morgan fingerprint density at radius 3 is 2.00 bits per heavy atom. The van der Waals surface area contributed by atoms with Crippen molar-refractivity contribution >= 4 is 23.2 Å². The molecule has 1 rings (SSSR count). The van der Waals surface area contributed by atoms with Gasteiger partial charge in [-0.05, 0) is 37.6 Å². The molecule has 0 heterocycles. The second kappa shape index (κ2) is 3.57. The molecule has 1 aromatic carbocycles. The van der Waals surface area contributed by atoms with Gasteiger partial charge in [0.25, 0.3) is 0 Å². The van der Waals surface area contributed by atoms with Crippen LogP contribution in [0.4, 0.5) is 0 Å². The molecule has 0 saturated heterocycles. The highest BCUT2D eigenvalue weighted by Crippen LogP contribution is 2.28. The molecule has 0 bridgehead atoms. The smallest absolute Gasteiger partial charge is 0.0767 e. The monoisotopic (exact) mass is 213 g/mol. The van der Waals surface area contributed by atoms with Gasteiger partial charge in [-0.3, -0.25) is 0 Å². The van der Waals surface area contributed by atoms with Crippen molar-refractivity contribution in [1.82, 2.24) is 0 Å². The van der Waals surface area contributed by atoms with Crippen molar-refractivity contribution in [2.24, 2.45) is 0 Å². The zero-order chi connectivity index (χ0) is 10.1. The molecule has 68 valence electrons. The van der Waals surface area contributed by atoms with Gasteiger partial charge in [0.1, 0.15) is 0 Å². The van der Waals surface area contributed by atoms with E-state index in [2.05, 4.69) is 6.07 Å². The largest absolute Gasteiger partial charge is 0.197 e. The van der Waals surface area contributed by atoms with E-state index in [0.29, 0.717) is 10.0 Å². The van der Waals surface area contributed by atoms with Crippen LogP contribution in [-0.2, 0) is 5.41 Å². The predicted molar refractivity (Wildman–Crippen MR) is 55.1 cm³/mol. The Hall–Kier alpha value is -0.710. The Balaban J connectivity index is 3.25. The number of halogens is 2. The molecule has 0 fully saturated rings. The fraction of sp³-hybridized carbons (Fsp3) is 0.300. The maximum Gasteiger partial charge on any atom is 0.0767 e. The Bertz CT molecular complexity index is 343. The van der Waals surface area contributed by atoms with Crippen LogP contribution in [0.2, 0.25) is 10.0 Å². The lowest BCUT2D eigenvalue weighted by Crippen LogP contribution is -2.13. The molecule has 0 aliphatic heterocycles. The van der Waals surface area contributed by atoms with Gasteiger partial charge in [0.2, 0.25) is 0 Å². The molecule has 0 radical (unpaired) electrons. The molecule has 0 saturated carbocycles. The normalized spacial score (nSPS) is 11.0. The first-order valence-corrected chi connectivity index (χ1v) is 4.59. The van der Waals surface area contributed by atoms with Gasteiger partial charge >= 0.3 is 0 Å². The summed E-state index contributed by atoms with van der Waals surface area (Å²) in [5.41, 5.74) is 0.293. The van der Waals surface area contributed by atoms with E-state index in [1.807, 2.05) is 13.8 Å². The molecule has 1 aromatic rings. The molecule has 0 aliphatic rings. The van der Waals surface area contributed by atoms with Gasteiger partial charge in [-0.2, -0.15) is 5.26 Å². The van der Waals surface area contributed by atoms with E-state index in [1.165, 1.54) is 0 Å².